The summed E-state index contributed by atoms with van der Waals surface area (Å²) in [5, 5.41) is 6.52. The fraction of sp³-hybridized carbons (Fsp3) is 0.933. The first-order valence-electron chi connectivity index (χ1n) is 7.51. The summed E-state index contributed by atoms with van der Waals surface area (Å²) in [5.74, 6) is 0.517. The number of hydrogen-bond acceptors (Lipinski definition) is 3. The zero-order valence-corrected chi connectivity index (χ0v) is 13.1. The molecule has 19 heavy (non-hydrogen) atoms. The fourth-order valence-corrected chi connectivity index (χ4v) is 2.63. The fourth-order valence-electron chi connectivity index (χ4n) is 2.63. The van der Waals surface area contributed by atoms with Crippen LogP contribution in [-0.4, -0.2) is 30.3 Å². The van der Waals surface area contributed by atoms with Crippen LogP contribution in [0.5, 0.6) is 0 Å². The first kappa shape index (κ1) is 16.3. The summed E-state index contributed by atoms with van der Waals surface area (Å²) in [7, 11) is 0. The average molecular weight is 270 g/mol. The molecule has 1 fully saturated rings. The van der Waals surface area contributed by atoms with E-state index in [1.165, 1.54) is 25.7 Å². The number of alkyl carbamates (subject to hydrolysis) is 1. The van der Waals surface area contributed by atoms with Gasteiger partial charge in [0.1, 0.15) is 5.60 Å². The van der Waals surface area contributed by atoms with Crippen LogP contribution >= 0.6 is 0 Å². The second kappa shape index (κ2) is 7.13. The standard InChI is InChI=1S/C15H30N2O2/c1-11(2)17-13-9-7-6-8-12(13)10-16-14(18)19-15(3,4)5/h11-13,17H,6-10H2,1-5H3,(H,16,18). The van der Waals surface area contributed by atoms with Crippen LogP contribution in [0, 0.1) is 5.92 Å². The molecule has 4 nitrogen and oxygen atoms in total. The van der Waals surface area contributed by atoms with Crippen LogP contribution in [0.2, 0.25) is 0 Å². The molecule has 112 valence electrons. The predicted molar refractivity (Wildman–Crippen MR) is 78.3 cm³/mol. The highest BCUT2D eigenvalue weighted by molar-refractivity contribution is 5.67. The van der Waals surface area contributed by atoms with Gasteiger partial charge in [0.25, 0.3) is 0 Å². The van der Waals surface area contributed by atoms with Crippen LogP contribution in [0.4, 0.5) is 4.79 Å². The minimum atomic E-state index is -0.424. The Balaban J connectivity index is 2.38. The highest BCUT2D eigenvalue weighted by Crippen LogP contribution is 2.24. The van der Waals surface area contributed by atoms with E-state index in [2.05, 4.69) is 24.5 Å². The molecule has 2 N–H and O–H groups in total. The van der Waals surface area contributed by atoms with Crippen LogP contribution < -0.4 is 10.6 Å². The Morgan fingerprint density at radius 2 is 1.89 bits per heavy atom. The van der Waals surface area contributed by atoms with Gasteiger partial charge in [-0.25, -0.2) is 4.79 Å². The number of carbonyl (C=O) groups is 1. The van der Waals surface area contributed by atoms with Crippen molar-refractivity contribution in [2.45, 2.75) is 78.0 Å². The quantitative estimate of drug-likeness (QED) is 0.825. The molecule has 0 aromatic carbocycles. The maximum Gasteiger partial charge on any atom is 0.407 e. The molecule has 0 aromatic heterocycles. The summed E-state index contributed by atoms with van der Waals surface area (Å²) < 4.78 is 5.27. The van der Waals surface area contributed by atoms with Crippen molar-refractivity contribution in [3.05, 3.63) is 0 Å². The summed E-state index contributed by atoms with van der Waals surface area (Å²) in [6, 6.07) is 1.01. The maximum absolute atomic E-state index is 11.7. The minimum absolute atomic E-state index is 0.304. The third-order valence-corrected chi connectivity index (χ3v) is 3.36. The molecule has 1 saturated carbocycles. The zero-order chi connectivity index (χ0) is 14.5. The first-order valence-corrected chi connectivity index (χ1v) is 7.51. The number of rotatable bonds is 4. The van der Waals surface area contributed by atoms with E-state index in [9.17, 15) is 4.79 Å². The van der Waals surface area contributed by atoms with Crippen LogP contribution in [0.1, 0.15) is 60.3 Å². The summed E-state index contributed by atoms with van der Waals surface area (Å²) >= 11 is 0. The van der Waals surface area contributed by atoms with Gasteiger partial charge >= 0.3 is 6.09 Å². The van der Waals surface area contributed by atoms with Crippen molar-refractivity contribution in [1.82, 2.24) is 10.6 Å². The Morgan fingerprint density at radius 1 is 1.26 bits per heavy atom. The number of ether oxygens (including phenoxy) is 1. The van der Waals surface area contributed by atoms with Gasteiger partial charge in [-0.2, -0.15) is 0 Å². The van der Waals surface area contributed by atoms with Crippen molar-refractivity contribution in [3.63, 3.8) is 0 Å². The third-order valence-electron chi connectivity index (χ3n) is 3.36. The van der Waals surface area contributed by atoms with Crippen molar-refractivity contribution in [2.24, 2.45) is 5.92 Å². The van der Waals surface area contributed by atoms with Crippen LogP contribution in [0.15, 0.2) is 0 Å². The van der Waals surface area contributed by atoms with Crippen molar-refractivity contribution in [1.29, 1.82) is 0 Å². The lowest BCUT2D eigenvalue weighted by atomic mass is 9.84. The molecule has 2 atom stereocenters. The molecule has 0 aromatic rings. The van der Waals surface area contributed by atoms with Gasteiger partial charge in [-0.3, -0.25) is 0 Å². The number of amides is 1. The summed E-state index contributed by atoms with van der Waals surface area (Å²) in [6.07, 6.45) is 4.63. The molecular weight excluding hydrogens is 240 g/mol. The molecule has 1 aliphatic carbocycles. The Bertz CT molecular complexity index is 284. The molecule has 1 rings (SSSR count). The van der Waals surface area contributed by atoms with Gasteiger partial charge in [-0.1, -0.05) is 26.7 Å². The first-order chi connectivity index (χ1) is 8.78. The monoisotopic (exact) mass is 270 g/mol. The van der Waals surface area contributed by atoms with Crippen LogP contribution in [0.3, 0.4) is 0 Å². The Labute approximate surface area is 117 Å². The lowest BCUT2D eigenvalue weighted by Gasteiger charge is -2.34. The predicted octanol–water partition coefficient (Wildman–Crippen LogP) is 3.07. The average Bonchev–Trinajstić information content (AvgIpc) is 2.24. The SMILES string of the molecule is CC(C)NC1CCCCC1CNC(=O)OC(C)(C)C. The van der Waals surface area contributed by atoms with Crippen molar-refractivity contribution in [3.8, 4) is 0 Å². The van der Waals surface area contributed by atoms with E-state index in [1.807, 2.05) is 20.8 Å². The summed E-state index contributed by atoms with van der Waals surface area (Å²) in [4.78, 5) is 11.7. The molecule has 0 bridgehead atoms. The van der Waals surface area contributed by atoms with Crippen molar-refractivity contribution >= 4 is 6.09 Å². The number of carbonyl (C=O) groups excluding carboxylic acids is 1. The van der Waals surface area contributed by atoms with Crippen LogP contribution in [-0.2, 0) is 4.74 Å². The second-order valence-electron chi connectivity index (χ2n) is 6.86. The maximum atomic E-state index is 11.7. The molecular formula is C15H30N2O2. The third kappa shape index (κ3) is 6.81. The molecule has 1 amide bonds. The number of hydrogen-bond donors (Lipinski definition) is 2. The topological polar surface area (TPSA) is 50.4 Å². The Morgan fingerprint density at radius 3 is 2.47 bits per heavy atom. The largest absolute Gasteiger partial charge is 0.444 e. The summed E-state index contributed by atoms with van der Waals surface area (Å²) in [6.45, 7) is 10.7. The smallest absolute Gasteiger partial charge is 0.407 e. The lowest BCUT2D eigenvalue weighted by molar-refractivity contribution is 0.0510. The zero-order valence-electron chi connectivity index (χ0n) is 13.1. The summed E-state index contributed by atoms with van der Waals surface area (Å²) in [5.41, 5.74) is -0.424. The molecule has 1 aliphatic rings. The lowest BCUT2D eigenvalue weighted by Crippen LogP contribution is -2.47. The highest BCUT2D eigenvalue weighted by Gasteiger charge is 2.26. The molecule has 0 aliphatic heterocycles. The van der Waals surface area contributed by atoms with Gasteiger partial charge in [-0.05, 0) is 39.5 Å². The molecule has 0 spiro atoms. The number of nitrogens with one attached hydrogen (secondary N) is 2. The molecule has 0 saturated heterocycles. The van der Waals surface area contributed by atoms with Crippen molar-refractivity contribution in [2.75, 3.05) is 6.54 Å². The van der Waals surface area contributed by atoms with E-state index in [1.54, 1.807) is 0 Å². The van der Waals surface area contributed by atoms with Gasteiger partial charge in [0, 0.05) is 18.6 Å². The van der Waals surface area contributed by atoms with Crippen LogP contribution in [0.25, 0.3) is 0 Å². The Kier molecular flexibility index (Phi) is 6.11. The van der Waals surface area contributed by atoms with Crippen molar-refractivity contribution < 1.29 is 9.53 Å². The van der Waals surface area contributed by atoms with E-state index in [0.29, 0.717) is 24.5 Å². The van der Waals surface area contributed by atoms with Gasteiger partial charge in [0.05, 0.1) is 0 Å². The van der Waals surface area contributed by atoms with Gasteiger partial charge in [0.2, 0.25) is 0 Å². The van der Waals surface area contributed by atoms with E-state index in [4.69, 9.17) is 4.74 Å². The van der Waals surface area contributed by atoms with Gasteiger partial charge < -0.3 is 15.4 Å². The molecule has 2 unspecified atom stereocenters. The minimum Gasteiger partial charge on any atom is -0.444 e. The molecule has 0 heterocycles. The second-order valence-corrected chi connectivity index (χ2v) is 6.86. The molecule has 0 radical (unpaired) electrons. The normalized spacial score (nSPS) is 24.3. The van der Waals surface area contributed by atoms with E-state index >= 15 is 0 Å². The molecule has 4 heteroatoms. The van der Waals surface area contributed by atoms with E-state index in [-0.39, 0.29) is 6.09 Å². The van der Waals surface area contributed by atoms with Gasteiger partial charge in [0.15, 0.2) is 0 Å². The van der Waals surface area contributed by atoms with Gasteiger partial charge in [-0.15, -0.1) is 0 Å². The Hall–Kier alpha value is -0.770. The highest BCUT2D eigenvalue weighted by atomic mass is 16.6. The van der Waals surface area contributed by atoms with E-state index in [0.717, 1.165) is 0 Å². The van der Waals surface area contributed by atoms with E-state index < -0.39 is 5.60 Å².